The first-order chi connectivity index (χ1) is 9.18. The lowest BCUT2D eigenvalue weighted by molar-refractivity contribution is -0.134. The van der Waals surface area contributed by atoms with E-state index in [-0.39, 0.29) is 0 Å². The van der Waals surface area contributed by atoms with Gasteiger partial charge in [-0.2, -0.15) is 21.6 Å². The van der Waals surface area contributed by atoms with Gasteiger partial charge in [0.05, 0.1) is 5.75 Å². The number of halogens is 3. The van der Waals surface area contributed by atoms with Crippen molar-refractivity contribution in [2.24, 2.45) is 0 Å². The Morgan fingerprint density at radius 3 is 2.35 bits per heavy atom. The molecule has 20 heavy (non-hydrogen) atoms. The molecular formula is C12H21F3O3S2. The molecule has 0 aromatic rings. The van der Waals surface area contributed by atoms with E-state index in [1.807, 2.05) is 19.1 Å². The van der Waals surface area contributed by atoms with Crippen LogP contribution >= 0.6 is 10.3 Å². The van der Waals surface area contributed by atoms with Gasteiger partial charge in [-0.15, -0.1) is 10.3 Å². The third-order valence-corrected chi connectivity index (χ3v) is 8.66. The Balaban J connectivity index is 2.58. The highest BCUT2D eigenvalue weighted by atomic mass is 32.3. The molecule has 0 aliphatic carbocycles. The van der Waals surface area contributed by atoms with Crippen molar-refractivity contribution in [3.05, 3.63) is 12.2 Å². The Morgan fingerprint density at radius 1 is 1.25 bits per heavy atom. The van der Waals surface area contributed by atoms with Gasteiger partial charge in [-0.05, 0) is 26.2 Å². The summed E-state index contributed by atoms with van der Waals surface area (Å²) in [6.45, 7) is 1.85. The minimum Gasteiger partial charge on any atom is -0.220 e. The van der Waals surface area contributed by atoms with Crippen molar-refractivity contribution in [3.63, 3.8) is 0 Å². The first-order valence-electron chi connectivity index (χ1n) is 6.56. The van der Waals surface area contributed by atoms with Gasteiger partial charge in [0.15, 0.2) is 0 Å². The third-order valence-electron chi connectivity index (χ3n) is 3.02. The van der Waals surface area contributed by atoms with Crippen molar-refractivity contribution >= 4 is 20.4 Å². The maximum absolute atomic E-state index is 12.0. The Labute approximate surface area is 120 Å². The van der Waals surface area contributed by atoms with Crippen molar-refractivity contribution in [2.75, 3.05) is 23.0 Å². The lowest BCUT2D eigenvalue weighted by atomic mass is 10.3. The van der Waals surface area contributed by atoms with Crippen molar-refractivity contribution in [3.8, 4) is 0 Å². The minimum absolute atomic E-state index is 0.440. The average molecular weight is 334 g/mol. The highest BCUT2D eigenvalue weighted by Gasteiger charge is 2.34. The van der Waals surface area contributed by atoms with Gasteiger partial charge in [0.2, 0.25) is 0 Å². The molecule has 0 bridgehead atoms. The number of hydrogen-bond donors (Lipinski definition) is 0. The predicted octanol–water partition coefficient (Wildman–Crippen LogP) is 3.76. The molecule has 0 unspecified atom stereocenters. The molecule has 0 radical (unpaired) electrons. The molecule has 0 saturated carbocycles. The normalized spacial score (nSPS) is 21.4. The molecule has 1 aliphatic heterocycles. The summed E-state index contributed by atoms with van der Waals surface area (Å²) in [4.78, 5) is 0. The van der Waals surface area contributed by atoms with E-state index < -0.39 is 45.2 Å². The monoisotopic (exact) mass is 334 g/mol. The van der Waals surface area contributed by atoms with E-state index in [0.717, 1.165) is 24.3 Å². The molecule has 8 heteroatoms. The van der Waals surface area contributed by atoms with Crippen LogP contribution in [0.2, 0.25) is 0 Å². The minimum atomic E-state index is -4.32. The van der Waals surface area contributed by atoms with Crippen molar-refractivity contribution < 1.29 is 25.2 Å². The molecular weight excluding hydrogens is 313 g/mol. The lowest BCUT2D eigenvalue weighted by Gasteiger charge is -2.32. The summed E-state index contributed by atoms with van der Waals surface area (Å²) in [6, 6.07) is 0. The van der Waals surface area contributed by atoms with Crippen LogP contribution in [0.1, 0.15) is 32.6 Å². The third kappa shape index (κ3) is 6.49. The van der Waals surface area contributed by atoms with Crippen LogP contribution in [0.3, 0.4) is 0 Å². The van der Waals surface area contributed by atoms with Crippen LogP contribution in [0, 0.1) is 0 Å². The summed E-state index contributed by atoms with van der Waals surface area (Å²) in [6.07, 6.45) is -0.287. The van der Waals surface area contributed by atoms with E-state index in [9.17, 15) is 21.6 Å². The van der Waals surface area contributed by atoms with E-state index in [1.54, 1.807) is 0 Å². The van der Waals surface area contributed by atoms with Gasteiger partial charge in [0.1, 0.15) is 0 Å². The zero-order valence-electron chi connectivity index (χ0n) is 11.5. The zero-order chi connectivity index (χ0) is 15.3. The molecule has 0 spiro atoms. The maximum Gasteiger partial charge on any atom is 0.389 e. The van der Waals surface area contributed by atoms with E-state index in [4.69, 9.17) is 3.63 Å². The molecule has 0 aromatic carbocycles. The standard InChI is InChI=1S/C12H21F3O3S2/c1-2-3-8-19(9-4-5-10-19)18-20(16,17)11-6-7-12(13,14)15/h2-3H,4-11H2,1H3. The topological polar surface area (TPSA) is 43.4 Å². The van der Waals surface area contributed by atoms with E-state index in [1.165, 1.54) is 0 Å². The van der Waals surface area contributed by atoms with Crippen LogP contribution in [-0.2, 0) is 13.7 Å². The fourth-order valence-corrected chi connectivity index (χ4v) is 7.91. The second-order valence-corrected chi connectivity index (χ2v) is 10.0. The van der Waals surface area contributed by atoms with E-state index >= 15 is 0 Å². The molecule has 0 N–H and O–H groups in total. The highest BCUT2D eigenvalue weighted by Crippen LogP contribution is 2.56. The van der Waals surface area contributed by atoms with Gasteiger partial charge in [0.25, 0.3) is 10.1 Å². The van der Waals surface area contributed by atoms with Crippen LogP contribution in [-0.4, -0.2) is 37.6 Å². The summed E-state index contributed by atoms with van der Waals surface area (Å²) >= 11 is 0. The number of rotatable bonds is 7. The fraction of sp³-hybridized carbons (Fsp3) is 0.833. The van der Waals surface area contributed by atoms with Crippen LogP contribution in [0.15, 0.2) is 12.2 Å². The van der Waals surface area contributed by atoms with Crippen LogP contribution in [0.5, 0.6) is 0 Å². The summed E-state index contributed by atoms with van der Waals surface area (Å²) in [5.41, 5.74) is 0. The summed E-state index contributed by atoms with van der Waals surface area (Å²) in [7, 11) is -5.58. The van der Waals surface area contributed by atoms with Crippen molar-refractivity contribution in [1.29, 1.82) is 0 Å². The van der Waals surface area contributed by atoms with E-state index in [2.05, 4.69) is 0 Å². The van der Waals surface area contributed by atoms with Gasteiger partial charge in [-0.3, -0.25) is 0 Å². The average Bonchev–Trinajstić information content (AvgIpc) is 2.72. The van der Waals surface area contributed by atoms with E-state index in [0.29, 0.717) is 5.75 Å². The SMILES string of the molecule is CC=CCS1(OS(=O)(=O)CCCC(F)(F)F)CCCC1. The number of hydrogen-bond acceptors (Lipinski definition) is 3. The number of allylic oxidation sites excluding steroid dienone is 1. The molecule has 1 heterocycles. The van der Waals surface area contributed by atoms with Gasteiger partial charge >= 0.3 is 6.18 Å². The molecule has 120 valence electrons. The largest absolute Gasteiger partial charge is 0.389 e. The molecule has 1 fully saturated rings. The maximum atomic E-state index is 12.0. The Bertz CT molecular complexity index is 424. The summed E-state index contributed by atoms with van der Waals surface area (Å²) in [5.74, 6) is 1.45. The Hall–Kier alpha value is -0.210. The molecule has 1 aliphatic rings. The van der Waals surface area contributed by atoms with Gasteiger partial charge in [0, 0.05) is 23.7 Å². The Kier molecular flexibility index (Phi) is 6.40. The molecule has 0 atom stereocenters. The van der Waals surface area contributed by atoms with Crippen LogP contribution in [0.4, 0.5) is 13.2 Å². The number of alkyl halides is 3. The van der Waals surface area contributed by atoms with Gasteiger partial charge in [-0.25, -0.2) is 3.63 Å². The highest BCUT2D eigenvalue weighted by molar-refractivity contribution is 8.33. The molecule has 0 aromatic heterocycles. The fourth-order valence-electron chi connectivity index (χ4n) is 2.07. The molecule has 1 rings (SSSR count). The molecule has 0 amide bonds. The van der Waals surface area contributed by atoms with Crippen LogP contribution in [0.25, 0.3) is 0 Å². The summed E-state index contributed by atoms with van der Waals surface area (Å²) in [5, 5.41) is 0. The smallest absolute Gasteiger partial charge is 0.220 e. The second kappa shape index (κ2) is 7.17. The first kappa shape index (κ1) is 17.8. The van der Waals surface area contributed by atoms with Crippen LogP contribution < -0.4 is 0 Å². The summed E-state index contributed by atoms with van der Waals surface area (Å²) < 4.78 is 65.2. The predicted molar refractivity (Wildman–Crippen MR) is 76.4 cm³/mol. The zero-order valence-corrected chi connectivity index (χ0v) is 13.1. The van der Waals surface area contributed by atoms with Crippen molar-refractivity contribution in [2.45, 2.75) is 38.8 Å². The molecule has 1 saturated heterocycles. The van der Waals surface area contributed by atoms with Gasteiger partial charge < -0.3 is 0 Å². The Morgan fingerprint density at radius 2 is 1.85 bits per heavy atom. The molecule has 3 nitrogen and oxygen atoms in total. The van der Waals surface area contributed by atoms with Gasteiger partial charge in [-0.1, -0.05) is 12.2 Å². The second-order valence-electron chi connectivity index (χ2n) is 4.87. The first-order valence-corrected chi connectivity index (χ1v) is 10.2. The lowest BCUT2D eigenvalue weighted by Crippen LogP contribution is -2.19. The quantitative estimate of drug-likeness (QED) is 0.666. The van der Waals surface area contributed by atoms with Crippen molar-refractivity contribution in [1.82, 2.24) is 0 Å².